The largest absolute Gasteiger partial charge is 0.490 e. The van der Waals surface area contributed by atoms with Crippen molar-refractivity contribution in [1.82, 2.24) is 9.97 Å². The number of ether oxygens (including phenoxy) is 1. The molecule has 0 bridgehead atoms. The van der Waals surface area contributed by atoms with Crippen molar-refractivity contribution in [3.05, 3.63) is 42.5 Å². The lowest BCUT2D eigenvalue weighted by Crippen LogP contribution is -1.99. The molecule has 0 saturated carbocycles. The molecule has 0 aliphatic heterocycles. The molecule has 0 atom stereocenters. The number of benzene rings is 1. The first kappa shape index (κ1) is 16.4. The first-order valence-electron chi connectivity index (χ1n) is 8.00. The van der Waals surface area contributed by atoms with Crippen LogP contribution < -0.4 is 4.74 Å². The molecule has 0 fully saturated rings. The number of nitrogens with zero attached hydrogens (tertiary/aromatic N) is 2. The molecular weight excluding hydrogens is 279 g/mol. The van der Waals surface area contributed by atoms with E-state index in [9.17, 15) is 4.39 Å². The zero-order valence-electron chi connectivity index (χ0n) is 13.1. The lowest BCUT2D eigenvalue weighted by molar-refractivity contribution is 0.302. The highest BCUT2D eigenvalue weighted by molar-refractivity contribution is 5.54. The van der Waals surface area contributed by atoms with Gasteiger partial charge in [-0.3, -0.25) is 0 Å². The summed E-state index contributed by atoms with van der Waals surface area (Å²) in [6, 6.07) is 6.26. The van der Waals surface area contributed by atoms with Crippen molar-refractivity contribution in [1.29, 1.82) is 0 Å². The van der Waals surface area contributed by atoms with E-state index in [1.165, 1.54) is 44.2 Å². The minimum Gasteiger partial charge on any atom is -0.490 e. The topological polar surface area (TPSA) is 35.0 Å². The monoisotopic (exact) mass is 302 g/mol. The van der Waals surface area contributed by atoms with Crippen LogP contribution in [0.3, 0.4) is 0 Å². The Morgan fingerprint density at radius 2 is 1.73 bits per heavy atom. The number of aromatic nitrogens is 2. The molecule has 1 aromatic carbocycles. The zero-order valence-corrected chi connectivity index (χ0v) is 13.1. The summed E-state index contributed by atoms with van der Waals surface area (Å²) in [4.78, 5) is 8.45. The van der Waals surface area contributed by atoms with Crippen molar-refractivity contribution < 1.29 is 9.13 Å². The lowest BCUT2D eigenvalue weighted by Gasteiger charge is -2.06. The molecule has 0 radical (unpaired) electrons. The van der Waals surface area contributed by atoms with E-state index in [1.807, 2.05) is 0 Å². The number of unbranched alkanes of at least 4 members (excludes halogenated alkanes) is 5. The van der Waals surface area contributed by atoms with Crippen LogP contribution in [0, 0.1) is 5.82 Å². The van der Waals surface area contributed by atoms with Crippen LogP contribution in [0.1, 0.15) is 45.4 Å². The van der Waals surface area contributed by atoms with Crippen LogP contribution in [0.15, 0.2) is 36.7 Å². The summed E-state index contributed by atoms with van der Waals surface area (Å²) in [5.74, 6) is 0.879. The normalized spacial score (nSPS) is 10.6. The maximum absolute atomic E-state index is 13.2. The maximum Gasteiger partial charge on any atom is 0.159 e. The van der Waals surface area contributed by atoms with Gasteiger partial charge in [-0.05, 0) is 18.6 Å². The van der Waals surface area contributed by atoms with Gasteiger partial charge >= 0.3 is 0 Å². The minimum absolute atomic E-state index is 0.288. The van der Waals surface area contributed by atoms with E-state index in [4.69, 9.17) is 4.74 Å². The lowest BCUT2D eigenvalue weighted by atomic mass is 10.1. The van der Waals surface area contributed by atoms with Crippen molar-refractivity contribution in [3.63, 3.8) is 0 Å². The summed E-state index contributed by atoms with van der Waals surface area (Å²) in [6.45, 7) is 2.91. The fourth-order valence-electron chi connectivity index (χ4n) is 2.24. The van der Waals surface area contributed by atoms with E-state index in [0.29, 0.717) is 23.7 Å². The predicted octanol–water partition coefficient (Wildman–Crippen LogP) is 5.02. The summed E-state index contributed by atoms with van der Waals surface area (Å²) in [7, 11) is 0. The van der Waals surface area contributed by atoms with Gasteiger partial charge < -0.3 is 4.74 Å². The van der Waals surface area contributed by atoms with Crippen LogP contribution in [0.25, 0.3) is 11.4 Å². The van der Waals surface area contributed by atoms with E-state index in [2.05, 4.69) is 16.9 Å². The summed E-state index contributed by atoms with van der Waals surface area (Å²) in [5.41, 5.74) is 0.669. The Morgan fingerprint density at radius 1 is 1.00 bits per heavy atom. The number of halogens is 1. The van der Waals surface area contributed by atoms with Gasteiger partial charge in [-0.25, -0.2) is 14.4 Å². The molecule has 2 rings (SSSR count). The van der Waals surface area contributed by atoms with Gasteiger partial charge in [0.25, 0.3) is 0 Å². The molecule has 1 heterocycles. The molecule has 118 valence electrons. The second-order valence-corrected chi connectivity index (χ2v) is 5.37. The summed E-state index contributed by atoms with van der Waals surface area (Å²) >= 11 is 0. The van der Waals surface area contributed by atoms with E-state index >= 15 is 0 Å². The van der Waals surface area contributed by atoms with Gasteiger partial charge in [0.2, 0.25) is 0 Å². The van der Waals surface area contributed by atoms with Gasteiger partial charge in [-0.2, -0.15) is 0 Å². The minimum atomic E-state index is -0.288. The molecule has 0 spiro atoms. The third-order valence-electron chi connectivity index (χ3n) is 3.48. The third-order valence-corrected chi connectivity index (χ3v) is 3.48. The van der Waals surface area contributed by atoms with Crippen molar-refractivity contribution in [3.8, 4) is 17.1 Å². The molecule has 3 nitrogen and oxygen atoms in total. The van der Waals surface area contributed by atoms with Crippen LogP contribution in [0.4, 0.5) is 4.39 Å². The standard InChI is InChI=1S/C18H23FN2O/c1-2-3-4-5-6-7-11-22-17-13-20-18(21-14-17)15-9-8-10-16(19)12-15/h8-10,12-14H,2-7,11H2,1H3. The molecule has 2 aromatic rings. The predicted molar refractivity (Wildman–Crippen MR) is 86.3 cm³/mol. The highest BCUT2D eigenvalue weighted by Crippen LogP contribution is 2.17. The average Bonchev–Trinajstić information content (AvgIpc) is 2.55. The van der Waals surface area contributed by atoms with Gasteiger partial charge in [0.15, 0.2) is 11.6 Å². The van der Waals surface area contributed by atoms with Crippen molar-refractivity contribution >= 4 is 0 Å². The average molecular weight is 302 g/mol. The maximum atomic E-state index is 13.2. The first-order valence-corrected chi connectivity index (χ1v) is 8.00. The molecular formula is C18H23FN2O. The van der Waals surface area contributed by atoms with Crippen LogP contribution in [0.5, 0.6) is 5.75 Å². The molecule has 0 aliphatic carbocycles. The van der Waals surface area contributed by atoms with E-state index < -0.39 is 0 Å². The number of rotatable bonds is 9. The van der Waals surface area contributed by atoms with Gasteiger partial charge in [0.1, 0.15) is 5.82 Å². The number of hydrogen-bond donors (Lipinski definition) is 0. The van der Waals surface area contributed by atoms with Crippen molar-refractivity contribution in [2.45, 2.75) is 45.4 Å². The molecule has 0 saturated heterocycles. The van der Waals surface area contributed by atoms with Crippen molar-refractivity contribution in [2.75, 3.05) is 6.61 Å². The van der Waals surface area contributed by atoms with Crippen LogP contribution >= 0.6 is 0 Å². The second kappa shape index (κ2) is 9.13. The van der Waals surface area contributed by atoms with Gasteiger partial charge in [-0.1, -0.05) is 51.2 Å². The van der Waals surface area contributed by atoms with Gasteiger partial charge in [-0.15, -0.1) is 0 Å². The fourth-order valence-corrected chi connectivity index (χ4v) is 2.24. The Bertz CT molecular complexity index is 557. The van der Waals surface area contributed by atoms with E-state index in [1.54, 1.807) is 24.5 Å². The Balaban J connectivity index is 1.75. The highest BCUT2D eigenvalue weighted by atomic mass is 19.1. The Kier molecular flexibility index (Phi) is 6.81. The first-order chi connectivity index (χ1) is 10.8. The van der Waals surface area contributed by atoms with Crippen LogP contribution in [0.2, 0.25) is 0 Å². The molecule has 0 aliphatic rings. The number of hydrogen-bond acceptors (Lipinski definition) is 3. The quantitative estimate of drug-likeness (QED) is 0.610. The fraction of sp³-hybridized carbons (Fsp3) is 0.444. The summed E-state index contributed by atoms with van der Waals surface area (Å²) in [6.07, 6.45) is 10.7. The molecule has 0 N–H and O–H groups in total. The molecule has 0 amide bonds. The smallest absolute Gasteiger partial charge is 0.159 e. The molecule has 22 heavy (non-hydrogen) atoms. The van der Waals surface area contributed by atoms with Gasteiger partial charge in [0.05, 0.1) is 19.0 Å². The van der Waals surface area contributed by atoms with Crippen LogP contribution in [-0.2, 0) is 0 Å². The highest BCUT2D eigenvalue weighted by Gasteiger charge is 2.03. The molecule has 4 heteroatoms. The second-order valence-electron chi connectivity index (χ2n) is 5.37. The van der Waals surface area contributed by atoms with E-state index in [0.717, 1.165) is 6.42 Å². The summed E-state index contributed by atoms with van der Waals surface area (Å²) in [5, 5.41) is 0. The molecule has 1 aromatic heterocycles. The Morgan fingerprint density at radius 3 is 2.45 bits per heavy atom. The summed E-state index contributed by atoms with van der Waals surface area (Å²) < 4.78 is 18.8. The van der Waals surface area contributed by atoms with Crippen molar-refractivity contribution in [2.24, 2.45) is 0 Å². The Hall–Kier alpha value is -1.97. The SMILES string of the molecule is CCCCCCCCOc1cnc(-c2cccc(F)c2)nc1. The zero-order chi connectivity index (χ0) is 15.6. The molecule has 0 unspecified atom stereocenters. The third kappa shape index (κ3) is 5.43. The van der Waals surface area contributed by atoms with Crippen LogP contribution in [-0.4, -0.2) is 16.6 Å². The van der Waals surface area contributed by atoms with E-state index in [-0.39, 0.29) is 5.82 Å². The van der Waals surface area contributed by atoms with Gasteiger partial charge in [0, 0.05) is 5.56 Å². The Labute approximate surface area is 131 Å².